The van der Waals surface area contributed by atoms with Crippen LogP contribution in [0.2, 0.25) is 0 Å². The minimum atomic E-state index is -0.965. The molecular weight excluding hydrogens is 432 g/mol. The Labute approximate surface area is 197 Å². The van der Waals surface area contributed by atoms with Gasteiger partial charge >= 0.3 is 6.09 Å². The lowest BCUT2D eigenvalue weighted by Gasteiger charge is -2.30. The lowest BCUT2D eigenvalue weighted by Crippen LogP contribution is -2.42. The van der Waals surface area contributed by atoms with Gasteiger partial charge < -0.3 is 14.8 Å². The molecule has 0 bridgehead atoms. The Morgan fingerprint density at radius 1 is 1.00 bits per heavy atom. The summed E-state index contributed by atoms with van der Waals surface area (Å²) in [4.78, 5) is 41.1. The number of para-hydroxylation sites is 1. The number of nitrogens with one attached hydrogen (secondary N) is 1. The highest BCUT2D eigenvalue weighted by molar-refractivity contribution is 6.07. The average Bonchev–Trinajstić information content (AvgIpc) is 3.34. The number of benzene rings is 3. The van der Waals surface area contributed by atoms with E-state index in [4.69, 9.17) is 9.47 Å². The number of nitrogens with zero attached hydrogens (tertiary/aromatic N) is 1. The second kappa shape index (κ2) is 9.39. The average molecular weight is 456 g/mol. The van der Waals surface area contributed by atoms with Crippen LogP contribution >= 0.6 is 0 Å². The van der Waals surface area contributed by atoms with Crippen molar-refractivity contribution in [3.05, 3.63) is 95.1 Å². The number of anilines is 1. The van der Waals surface area contributed by atoms with Gasteiger partial charge in [0, 0.05) is 24.9 Å². The van der Waals surface area contributed by atoms with Crippen LogP contribution in [0.1, 0.15) is 39.5 Å². The van der Waals surface area contributed by atoms with E-state index in [1.54, 1.807) is 30.3 Å². The fourth-order valence-electron chi connectivity index (χ4n) is 4.37. The van der Waals surface area contributed by atoms with Gasteiger partial charge in [-0.1, -0.05) is 48.5 Å². The first-order valence-corrected chi connectivity index (χ1v) is 11.3. The fourth-order valence-corrected chi connectivity index (χ4v) is 4.37. The van der Waals surface area contributed by atoms with E-state index in [-0.39, 0.29) is 25.4 Å². The van der Waals surface area contributed by atoms with Crippen LogP contribution in [0.15, 0.2) is 72.8 Å². The summed E-state index contributed by atoms with van der Waals surface area (Å²) in [5.41, 5.74) is 3.33. The van der Waals surface area contributed by atoms with Crippen molar-refractivity contribution < 1.29 is 23.9 Å². The second-order valence-corrected chi connectivity index (χ2v) is 8.31. The normalized spacial score (nSPS) is 17.4. The maximum absolute atomic E-state index is 13.6. The SMILES string of the molecule is O=C1CCN(C(=O)OCc2ccccc2)C(c2ccc3c(c2)CCO3)C(=O)Nc2ccccc21. The molecule has 0 aromatic heterocycles. The maximum Gasteiger partial charge on any atom is 0.411 e. The molecule has 3 aromatic rings. The number of carbonyl (C=O) groups excluding carboxylic acids is 3. The highest BCUT2D eigenvalue weighted by Crippen LogP contribution is 2.33. The summed E-state index contributed by atoms with van der Waals surface area (Å²) >= 11 is 0. The molecule has 2 heterocycles. The predicted molar refractivity (Wildman–Crippen MR) is 126 cm³/mol. The van der Waals surface area contributed by atoms with Crippen molar-refractivity contribution in [2.24, 2.45) is 0 Å². The van der Waals surface area contributed by atoms with E-state index in [1.807, 2.05) is 42.5 Å². The molecule has 0 saturated carbocycles. The molecule has 1 unspecified atom stereocenters. The summed E-state index contributed by atoms with van der Waals surface area (Å²) in [6.45, 7) is 0.698. The highest BCUT2D eigenvalue weighted by Gasteiger charge is 2.35. The van der Waals surface area contributed by atoms with Gasteiger partial charge in [-0.3, -0.25) is 14.5 Å². The van der Waals surface area contributed by atoms with Crippen LogP contribution < -0.4 is 10.1 Å². The van der Waals surface area contributed by atoms with E-state index < -0.39 is 18.0 Å². The van der Waals surface area contributed by atoms with Crippen molar-refractivity contribution in [1.29, 1.82) is 0 Å². The summed E-state index contributed by atoms with van der Waals surface area (Å²) in [5, 5.41) is 2.87. The van der Waals surface area contributed by atoms with Crippen molar-refractivity contribution in [2.45, 2.75) is 25.5 Å². The molecule has 7 heteroatoms. The Morgan fingerprint density at radius 2 is 1.79 bits per heavy atom. The van der Waals surface area contributed by atoms with Gasteiger partial charge in [0.2, 0.25) is 0 Å². The number of rotatable bonds is 3. The third kappa shape index (κ3) is 4.37. The van der Waals surface area contributed by atoms with Gasteiger partial charge in [0.25, 0.3) is 5.91 Å². The van der Waals surface area contributed by atoms with Crippen molar-refractivity contribution in [3.8, 4) is 5.75 Å². The van der Waals surface area contributed by atoms with E-state index >= 15 is 0 Å². The molecule has 172 valence electrons. The van der Waals surface area contributed by atoms with Crippen LogP contribution in [0, 0.1) is 0 Å². The minimum Gasteiger partial charge on any atom is -0.493 e. The van der Waals surface area contributed by atoms with Crippen LogP contribution in [0.4, 0.5) is 10.5 Å². The Morgan fingerprint density at radius 3 is 2.65 bits per heavy atom. The molecule has 2 amide bonds. The molecule has 0 saturated heterocycles. The van der Waals surface area contributed by atoms with E-state index in [0.717, 1.165) is 23.3 Å². The minimum absolute atomic E-state index is 0.0481. The molecule has 5 rings (SSSR count). The number of ether oxygens (including phenoxy) is 2. The zero-order valence-electron chi connectivity index (χ0n) is 18.5. The van der Waals surface area contributed by atoms with E-state index in [9.17, 15) is 14.4 Å². The number of hydrogen-bond donors (Lipinski definition) is 1. The molecule has 34 heavy (non-hydrogen) atoms. The van der Waals surface area contributed by atoms with E-state index in [1.165, 1.54) is 4.90 Å². The molecule has 1 N–H and O–H groups in total. The Balaban J connectivity index is 1.50. The first-order chi connectivity index (χ1) is 16.6. The molecule has 0 spiro atoms. The summed E-state index contributed by atoms with van der Waals surface area (Å²) in [7, 11) is 0. The third-order valence-corrected chi connectivity index (χ3v) is 6.09. The molecule has 3 aromatic carbocycles. The molecule has 0 aliphatic carbocycles. The Bertz CT molecular complexity index is 1240. The van der Waals surface area contributed by atoms with E-state index in [2.05, 4.69) is 5.32 Å². The first kappa shape index (κ1) is 21.7. The predicted octanol–water partition coefficient (Wildman–Crippen LogP) is 4.53. The molecule has 2 aliphatic heterocycles. The number of Topliss-reactive ketones (excluding diaryl/α,β-unsaturated/α-hetero) is 1. The largest absolute Gasteiger partial charge is 0.493 e. The van der Waals surface area contributed by atoms with Crippen molar-refractivity contribution in [3.63, 3.8) is 0 Å². The van der Waals surface area contributed by atoms with Crippen LogP contribution in [0.3, 0.4) is 0 Å². The van der Waals surface area contributed by atoms with Crippen LogP contribution in [0.5, 0.6) is 5.75 Å². The summed E-state index contributed by atoms with van der Waals surface area (Å²) in [6, 6.07) is 20.8. The van der Waals surface area contributed by atoms with Crippen LogP contribution in [-0.4, -0.2) is 35.8 Å². The molecule has 0 radical (unpaired) electrons. The summed E-state index contributed by atoms with van der Waals surface area (Å²) in [5.74, 6) is 0.225. The van der Waals surface area contributed by atoms with Crippen molar-refractivity contribution >= 4 is 23.5 Å². The standard InChI is InChI=1S/C27H24N2O5/c30-23-12-14-29(27(32)34-17-18-6-2-1-3-7-18)25(20-10-11-24-19(16-20)13-15-33-24)26(31)28-22-9-5-4-8-21(22)23/h1-11,16,25H,12-15,17H2,(H,28,31). The topological polar surface area (TPSA) is 84.9 Å². The number of amides is 2. The van der Waals surface area contributed by atoms with Crippen LogP contribution in [-0.2, 0) is 22.6 Å². The number of hydrogen-bond acceptors (Lipinski definition) is 5. The second-order valence-electron chi connectivity index (χ2n) is 8.31. The lowest BCUT2D eigenvalue weighted by molar-refractivity contribution is -0.121. The zero-order valence-corrected chi connectivity index (χ0v) is 18.5. The quantitative estimate of drug-likeness (QED) is 0.626. The first-order valence-electron chi connectivity index (χ1n) is 11.3. The van der Waals surface area contributed by atoms with E-state index in [0.29, 0.717) is 23.4 Å². The molecular formula is C27H24N2O5. The number of ketones is 1. The van der Waals surface area contributed by atoms with Gasteiger partial charge in [0.15, 0.2) is 5.78 Å². The molecule has 7 nitrogen and oxygen atoms in total. The zero-order chi connectivity index (χ0) is 23.5. The van der Waals surface area contributed by atoms with Crippen LogP contribution in [0.25, 0.3) is 0 Å². The monoisotopic (exact) mass is 456 g/mol. The molecule has 2 aliphatic rings. The fraction of sp³-hybridized carbons (Fsp3) is 0.222. The van der Waals surface area contributed by atoms with Gasteiger partial charge in [-0.15, -0.1) is 0 Å². The third-order valence-electron chi connectivity index (χ3n) is 6.09. The van der Waals surface area contributed by atoms with Crippen molar-refractivity contribution in [1.82, 2.24) is 4.90 Å². The molecule has 0 fully saturated rings. The lowest BCUT2D eigenvalue weighted by atomic mass is 10.0. The maximum atomic E-state index is 13.6. The molecule has 1 atom stereocenters. The highest BCUT2D eigenvalue weighted by atomic mass is 16.6. The number of carbonyl (C=O) groups is 3. The van der Waals surface area contributed by atoms with Crippen molar-refractivity contribution in [2.75, 3.05) is 18.5 Å². The van der Waals surface area contributed by atoms with Gasteiger partial charge in [0.1, 0.15) is 18.4 Å². The summed E-state index contributed by atoms with van der Waals surface area (Å²) < 4.78 is 11.2. The smallest absolute Gasteiger partial charge is 0.411 e. The Kier molecular flexibility index (Phi) is 5.99. The van der Waals surface area contributed by atoms with Gasteiger partial charge in [-0.25, -0.2) is 4.79 Å². The Hall–Kier alpha value is -4.13. The summed E-state index contributed by atoms with van der Waals surface area (Å²) in [6.07, 6.45) is 0.147. The van der Waals surface area contributed by atoms with Gasteiger partial charge in [0.05, 0.1) is 12.3 Å². The van der Waals surface area contributed by atoms with Gasteiger partial charge in [-0.2, -0.15) is 0 Å². The van der Waals surface area contributed by atoms with Gasteiger partial charge in [-0.05, 0) is 41.0 Å². The number of fused-ring (bicyclic) bond motifs is 2.